The fraction of sp³-hybridized carbons (Fsp3) is 0.143. The molecule has 0 spiro atoms. The quantitative estimate of drug-likeness (QED) is 0.848. The van der Waals surface area contributed by atoms with Crippen LogP contribution in [0.5, 0.6) is 5.75 Å². The average molecular weight is 293 g/mol. The number of carbonyl (C=O) groups excluding carboxylic acids is 1. The normalized spacial score (nSPS) is 10.1. The molecule has 6 nitrogen and oxygen atoms in total. The first-order chi connectivity index (χ1) is 10.1. The van der Waals surface area contributed by atoms with Gasteiger partial charge in [0.2, 0.25) is 0 Å². The van der Waals surface area contributed by atoms with Crippen molar-refractivity contribution in [2.24, 2.45) is 0 Å². The van der Waals surface area contributed by atoms with Gasteiger partial charge in [-0.3, -0.25) is 4.79 Å². The highest BCUT2D eigenvalue weighted by atomic mass is 19.1. The third-order valence-corrected chi connectivity index (χ3v) is 2.59. The van der Waals surface area contributed by atoms with E-state index in [9.17, 15) is 14.0 Å². The predicted molar refractivity (Wildman–Crippen MR) is 69.4 cm³/mol. The predicted octanol–water partition coefficient (Wildman–Crippen LogP) is 1.81. The van der Waals surface area contributed by atoms with E-state index < -0.39 is 29.9 Å². The van der Waals surface area contributed by atoms with Gasteiger partial charge in [-0.25, -0.2) is 9.18 Å². The van der Waals surface area contributed by atoms with Crippen LogP contribution < -0.4 is 10.1 Å². The average Bonchev–Trinajstić information content (AvgIpc) is 2.95. The topological polar surface area (TPSA) is 88.8 Å². The first kappa shape index (κ1) is 14.6. The molecule has 1 heterocycles. The third kappa shape index (κ3) is 3.82. The first-order valence-electron chi connectivity index (χ1n) is 6.01. The van der Waals surface area contributed by atoms with E-state index in [4.69, 9.17) is 14.3 Å². The van der Waals surface area contributed by atoms with Crippen molar-refractivity contribution < 1.29 is 28.2 Å². The molecule has 0 aliphatic rings. The molecule has 2 aromatic rings. The number of hydrogen-bond acceptors (Lipinski definition) is 4. The lowest BCUT2D eigenvalue weighted by Crippen LogP contribution is -2.28. The summed E-state index contributed by atoms with van der Waals surface area (Å²) in [5.41, 5.74) is -0.601. The van der Waals surface area contributed by atoms with Gasteiger partial charge in [-0.05, 0) is 24.3 Å². The smallest absolute Gasteiger partial charge is 0.342 e. The van der Waals surface area contributed by atoms with Gasteiger partial charge in [0.05, 0.1) is 12.8 Å². The molecule has 0 aliphatic heterocycles. The Morgan fingerprint density at radius 2 is 2.10 bits per heavy atom. The maximum absolute atomic E-state index is 13.4. The van der Waals surface area contributed by atoms with Crippen molar-refractivity contribution in [1.82, 2.24) is 5.32 Å². The van der Waals surface area contributed by atoms with Crippen LogP contribution in [0.25, 0.3) is 0 Å². The number of ether oxygens (including phenoxy) is 1. The minimum Gasteiger partial charge on any atom is -0.483 e. The summed E-state index contributed by atoms with van der Waals surface area (Å²) in [6.45, 7) is -0.241. The minimum atomic E-state index is -1.46. The Morgan fingerprint density at radius 3 is 2.76 bits per heavy atom. The zero-order valence-electron chi connectivity index (χ0n) is 10.8. The van der Waals surface area contributed by atoms with Crippen LogP contribution in [-0.2, 0) is 11.3 Å². The lowest BCUT2D eigenvalue weighted by Gasteiger charge is -2.09. The van der Waals surface area contributed by atoms with Crippen molar-refractivity contribution in [3.05, 3.63) is 53.7 Å². The number of halogens is 1. The molecule has 2 rings (SSSR count). The molecule has 0 aliphatic carbocycles. The molecule has 1 aromatic heterocycles. The molecule has 0 radical (unpaired) electrons. The van der Waals surface area contributed by atoms with E-state index in [2.05, 4.69) is 5.32 Å². The summed E-state index contributed by atoms with van der Waals surface area (Å²) in [5.74, 6) is -2.49. The number of nitrogens with one attached hydrogen (secondary N) is 1. The van der Waals surface area contributed by atoms with Gasteiger partial charge in [-0.15, -0.1) is 0 Å². The molecule has 0 bridgehead atoms. The van der Waals surface area contributed by atoms with Gasteiger partial charge >= 0.3 is 5.97 Å². The Morgan fingerprint density at radius 1 is 1.29 bits per heavy atom. The Kier molecular flexibility index (Phi) is 4.55. The summed E-state index contributed by atoms with van der Waals surface area (Å²) in [6, 6.07) is 6.97. The van der Waals surface area contributed by atoms with E-state index in [-0.39, 0.29) is 12.3 Å². The molecule has 1 amide bonds. The zero-order chi connectivity index (χ0) is 15.2. The Balaban J connectivity index is 1.92. The number of amides is 1. The number of rotatable bonds is 6. The maximum Gasteiger partial charge on any atom is 0.342 e. The first-order valence-corrected chi connectivity index (χ1v) is 6.01. The van der Waals surface area contributed by atoms with Gasteiger partial charge in [0, 0.05) is 0 Å². The van der Waals surface area contributed by atoms with E-state index in [1.54, 1.807) is 12.1 Å². The molecular formula is C14H12FNO5. The molecule has 2 N–H and O–H groups in total. The highest BCUT2D eigenvalue weighted by Crippen LogP contribution is 2.21. The second kappa shape index (κ2) is 6.56. The van der Waals surface area contributed by atoms with E-state index in [1.807, 2.05) is 0 Å². The summed E-state index contributed by atoms with van der Waals surface area (Å²) in [7, 11) is 0. The van der Waals surface area contributed by atoms with Crippen molar-refractivity contribution in [3.8, 4) is 5.75 Å². The largest absolute Gasteiger partial charge is 0.483 e. The second-order valence-electron chi connectivity index (χ2n) is 4.06. The third-order valence-electron chi connectivity index (χ3n) is 2.59. The van der Waals surface area contributed by atoms with Crippen LogP contribution in [0, 0.1) is 5.82 Å². The summed E-state index contributed by atoms with van der Waals surface area (Å²) in [4.78, 5) is 22.5. The zero-order valence-corrected chi connectivity index (χ0v) is 10.8. The fourth-order valence-electron chi connectivity index (χ4n) is 1.63. The summed E-state index contributed by atoms with van der Waals surface area (Å²) >= 11 is 0. The number of carboxylic acid groups (broad SMARTS) is 1. The van der Waals surface area contributed by atoms with Crippen LogP contribution in [0.2, 0.25) is 0 Å². The van der Waals surface area contributed by atoms with E-state index in [0.717, 1.165) is 6.07 Å². The van der Waals surface area contributed by atoms with E-state index in [1.165, 1.54) is 18.4 Å². The van der Waals surface area contributed by atoms with Gasteiger partial charge in [0.15, 0.2) is 6.61 Å². The van der Waals surface area contributed by atoms with Crippen molar-refractivity contribution in [2.75, 3.05) is 6.61 Å². The molecule has 21 heavy (non-hydrogen) atoms. The van der Waals surface area contributed by atoms with Crippen LogP contribution >= 0.6 is 0 Å². The van der Waals surface area contributed by atoms with Crippen LogP contribution in [0.1, 0.15) is 16.1 Å². The number of aromatic carboxylic acids is 1. The Bertz CT molecular complexity index is 639. The molecule has 0 saturated heterocycles. The number of benzene rings is 1. The number of carbonyl (C=O) groups is 2. The van der Waals surface area contributed by atoms with Gasteiger partial charge in [-0.1, -0.05) is 6.07 Å². The van der Waals surface area contributed by atoms with Crippen LogP contribution in [0.3, 0.4) is 0 Å². The van der Waals surface area contributed by atoms with Gasteiger partial charge in [0.25, 0.3) is 5.91 Å². The second-order valence-corrected chi connectivity index (χ2v) is 4.06. The molecule has 0 atom stereocenters. The fourth-order valence-corrected chi connectivity index (χ4v) is 1.63. The monoisotopic (exact) mass is 293 g/mol. The van der Waals surface area contributed by atoms with Crippen LogP contribution in [0.15, 0.2) is 41.0 Å². The van der Waals surface area contributed by atoms with Gasteiger partial charge in [0.1, 0.15) is 22.9 Å². The van der Waals surface area contributed by atoms with Crippen LogP contribution in [-0.4, -0.2) is 23.6 Å². The van der Waals surface area contributed by atoms with Gasteiger partial charge < -0.3 is 19.6 Å². The standard InChI is InChI=1S/C14H12FNO5/c15-10-4-1-5-11(13(10)14(18)19)21-8-12(17)16-7-9-3-2-6-20-9/h1-6H,7-8H2,(H,16,17)(H,18,19). The SMILES string of the molecule is O=C(COc1cccc(F)c1C(=O)O)NCc1ccco1. The summed E-state index contributed by atoms with van der Waals surface area (Å²) < 4.78 is 23.5. The number of hydrogen-bond donors (Lipinski definition) is 2. The molecule has 0 saturated carbocycles. The van der Waals surface area contributed by atoms with Crippen molar-refractivity contribution in [2.45, 2.75) is 6.54 Å². The molecule has 110 valence electrons. The van der Waals surface area contributed by atoms with E-state index >= 15 is 0 Å². The molecular weight excluding hydrogens is 281 g/mol. The number of carboxylic acids is 1. The van der Waals surface area contributed by atoms with Crippen LogP contribution in [0.4, 0.5) is 4.39 Å². The summed E-state index contributed by atoms with van der Waals surface area (Å²) in [6.07, 6.45) is 1.48. The highest BCUT2D eigenvalue weighted by molar-refractivity contribution is 5.91. The minimum absolute atomic E-state index is 0.185. The Labute approximate surface area is 119 Å². The van der Waals surface area contributed by atoms with Crippen molar-refractivity contribution >= 4 is 11.9 Å². The lowest BCUT2D eigenvalue weighted by molar-refractivity contribution is -0.123. The highest BCUT2D eigenvalue weighted by Gasteiger charge is 2.17. The molecule has 1 aromatic carbocycles. The van der Waals surface area contributed by atoms with Crippen molar-refractivity contribution in [1.29, 1.82) is 0 Å². The molecule has 0 fully saturated rings. The molecule has 7 heteroatoms. The maximum atomic E-state index is 13.4. The summed E-state index contributed by atoms with van der Waals surface area (Å²) in [5, 5.41) is 11.4. The lowest BCUT2D eigenvalue weighted by atomic mass is 10.2. The molecule has 0 unspecified atom stereocenters. The Hall–Kier alpha value is -2.83. The van der Waals surface area contributed by atoms with Gasteiger partial charge in [-0.2, -0.15) is 0 Å². The number of furan rings is 1. The van der Waals surface area contributed by atoms with E-state index in [0.29, 0.717) is 5.76 Å². The van der Waals surface area contributed by atoms with Crippen molar-refractivity contribution in [3.63, 3.8) is 0 Å².